The van der Waals surface area contributed by atoms with Crippen LogP contribution < -0.4 is 4.90 Å². The zero-order chi connectivity index (χ0) is 16.2. The SMILES string of the molecule is CCn1ncnc1CN1CCCN(c2cccc(Cl)c2C)CC1. The van der Waals surface area contributed by atoms with Crippen LogP contribution in [-0.2, 0) is 13.1 Å². The van der Waals surface area contributed by atoms with E-state index < -0.39 is 0 Å². The number of benzene rings is 1. The van der Waals surface area contributed by atoms with Crippen molar-refractivity contribution < 1.29 is 0 Å². The van der Waals surface area contributed by atoms with Gasteiger partial charge in [0, 0.05) is 43.4 Å². The molecule has 2 aromatic rings. The van der Waals surface area contributed by atoms with E-state index >= 15 is 0 Å². The molecule has 0 unspecified atom stereocenters. The molecule has 0 atom stereocenters. The van der Waals surface area contributed by atoms with Gasteiger partial charge < -0.3 is 4.90 Å². The Morgan fingerprint density at radius 3 is 2.87 bits per heavy atom. The lowest BCUT2D eigenvalue weighted by atomic mass is 10.1. The molecule has 0 saturated carbocycles. The van der Waals surface area contributed by atoms with Crippen LogP contribution in [0, 0.1) is 6.92 Å². The van der Waals surface area contributed by atoms with Crippen LogP contribution in [0.15, 0.2) is 24.5 Å². The predicted molar refractivity (Wildman–Crippen MR) is 94.0 cm³/mol. The first kappa shape index (κ1) is 16.3. The molecule has 0 bridgehead atoms. The van der Waals surface area contributed by atoms with Gasteiger partial charge in [-0.25, -0.2) is 9.67 Å². The third kappa shape index (κ3) is 3.67. The van der Waals surface area contributed by atoms with Crippen LogP contribution in [0.4, 0.5) is 5.69 Å². The lowest BCUT2D eigenvalue weighted by molar-refractivity contribution is 0.272. The quantitative estimate of drug-likeness (QED) is 0.862. The summed E-state index contributed by atoms with van der Waals surface area (Å²) in [6.45, 7) is 10.1. The maximum atomic E-state index is 6.28. The van der Waals surface area contributed by atoms with Crippen LogP contribution in [0.5, 0.6) is 0 Å². The summed E-state index contributed by atoms with van der Waals surface area (Å²) in [5.41, 5.74) is 2.43. The first-order valence-electron chi connectivity index (χ1n) is 8.28. The minimum absolute atomic E-state index is 0.847. The molecule has 0 aliphatic carbocycles. The maximum absolute atomic E-state index is 6.28. The molecule has 0 amide bonds. The molecular weight excluding hydrogens is 310 g/mol. The third-order valence-corrected chi connectivity index (χ3v) is 4.94. The van der Waals surface area contributed by atoms with E-state index in [2.05, 4.69) is 39.8 Å². The molecule has 5 nitrogen and oxygen atoms in total. The number of hydrogen-bond acceptors (Lipinski definition) is 4. The van der Waals surface area contributed by atoms with Crippen molar-refractivity contribution in [3.05, 3.63) is 40.9 Å². The van der Waals surface area contributed by atoms with Crippen LogP contribution in [0.3, 0.4) is 0 Å². The number of anilines is 1. The fourth-order valence-electron chi connectivity index (χ4n) is 3.18. The van der Waals surface area contributed by atoms with Gasteiger partial charge in [0.25, 0.3) is 0 Å². The van der Waals surface area contributed by atoms with Gasteiger partial charge in [-0.3, -0.25) is 4.90 Å². The summed E-state index contributed by atoms with van der Waals surface area (Å²) in [6.07, 6.45) is 2.80. The van der Waals surface area contributed by atoms with E-state index in [4.69, 9.17) is 11.6 Å². The minimum Gasteiger partial charge on any atom is -0.370 e. The number of nitrogens with zero attached hydrogens (tertiary/aromatic N) is 5. The van der Waals surface area contributed by atoms with E-state index in [-0.39, 0.29) is 0 Å². The molecule has 3 rings (SSSR count). The molecule has 1 aromatic carbocycles. The van der Waals surface area contributed by atoms with E-state index in [1.165, 1.54) is 11.3 Å². The Morgan fingerprint density at radius 2 is 2.04 bits per heavy atom. The predicted octanol–water partition coefficient (Wildman–Crippen LogP) is 2.97. The first-order chi connectivity index (χ1) is 11.2. The largest absolute Gasteiger partial charge is 0.370 e. The van der Waals surface area contributed by atoms with Gasteiger partial charge in [0.2, 0.25) is 0 Å². The molecule has 0 radical (unpaired) electrons. The van der Waals surface area contributed by atoms with Crippen molar-refractivity contribution in [2.45, 2.75) is 33.4 Å². The average Bonchev–Trinajstić information content (AvgIpc) is 2.87. The van der Waals surface area contributed by atoms with Crippen molar-refractivity contribution in [1.29, 1.82) is 0 Å². The second-order valence-corrected chi connectivity index (χ2v) is 6.40. The van der Waals surface area contributed by atoms with Crippen LogP contribution in [0.2, 0.25) is 5.02 Å². The maximum Gasteiger partial charge on any atom is 0.140 e. The van der Waals surface area contributed by atoms with Crippen molar-refractivity contribution in [1.82, 2.24) is 19.7 Å². The highest BCUT2D eigenvalue weighted by Crippen LogP contribution is 2.27. The van der Waals surface area contributed by atoms with Gasteiger partial charge in [0.05, 0.1) is 6.54 Å². The van der Waals surface area contributed by atoms with Crippen molar-refractivity contribution in [2.24, 2.45) is 0 Å². The Balaban J connectivity index is 1.66. The summed E-state index contributed by atoms with van der Waals surface area (Å²) in [5.74, 6) is 1.06. The topological polar surface area (TPSA) is 37.2 Å². The first-order valence-corrected chi connectivity index (χ1v) is 8.66. The third-order valence-electron chi connectivity index (χ3n) is 4.53. The molecule has 0 spiro atoms. The highest BCUT2D eigenvalue weighted by Gasteiger charge is 2.18. The molecule has 1 saturated heterocycles. The van der Waals surface area contributed by atoms with E-state index in [0.29, 0.717) is 0 Å². The Kier molecular flexibility index (Phi) is 5.18. The second kappa shape index (κ2) is 7.32. The summed E-state index contributed by atoms with van der Waals surface area (Å²) in [4.78, 5) is 9.31. The summed E-state index contributed by atoms with van der Waals surface area (Å²) in [6, 6.07) is 6.17. The summed E-state index contributed by atoms with van der Waals surface area (Å²) in [7, 11) is 0. The van der Waals surface area contributed by atoms with E-state index in [0.717, 1.165) is 56.5 Å². The number of hydrogen-bond donors (Lipinski definition) is 0. The summed E-state index contributed by atoms with van der Waals surface area (Å²) < 4.78 is 1.98. The zero-order valence-electron chi connectivity index (χ0n) is 13.9. The van der Waals surface area contributed by atoms with Crippen molar-refractivity contribution in [3.63, 3.8) is 0 Å². The lowest BCUT2D eigenvalue weighted by Gasteiger charge is -2.25. The standard InChI is InChI=1S/C17H24ClN5/c1-3-23-17(19-13-20-23)12-21-8-5-9-22(11-10-21)16-7-4-6-15(18)14(16)2/h4,6-7,13H,3,5,8-12H2,1-2H3. The van der Waals surface area contributed by atoms with Crippen LogP contribution >= 0.6 is 11.6 Å². The second-order valence-electron chi connectivity index (χ2n) is 5.99. The number of rotatable bonds is 4. The highest BCUT2D eigenvalue weighted by atomic mass is 35.5. The summed E-state index contributed by atoms with van der Waals surface area (Å²) >= 11 is 6.28. The summed E-state index contributed by atoms with van der Waals surface area (Å²) in [5, 5.41) is 5.11. The van der Waals surface area contributed by atoms with Crippen LogP contribution in [-0.4, -0.2) is 45.8 Å². The Bertz CT molecular complexity index is 654. The van der Waals surface area contributed by atoms with Gasteiger partial charge in [0.1, 0.15) is 12.2 Å². The molecule has 1 aromatic heterocycles. The number of aromatic nitrogens is 3. The van der Waals surface area contributed by atoms with E-state index in [1.54, 1.807) is 6.33 Å². The van der Waals surface area contributed by atoms with Crippen molar-refractivity contribution >= 4 is 17.3 Å². The van der Waals surface area contributed by atoms with Gasteiger partial charge in [0.15, 0.2) is 0 Å². The molecule has 6 heteroatoms. The lowest BCUT2D eigenvalue weighted by Crippen LogP contribution is -2.31. The van der Waals surface area contributed by atoms with E-state index in [1.807, 2.05) is 16.8 Å². The molecule has 0 N–H and O–H groups in total. The fourth-order valence-corrected chi connectivity index (χ4v) is 3.35. The number of aryl methyl sites for hydroxylation is 1. The van der Waals surface area contributed by atoms with E-state index in [9.17, 15) is 0 Å². The molecular formula is C17H24ClN5. The van der Waals surface area contributed by atoms with Crippen molar-refractivity contribution in [3.8, 4) is 0 Å². The van der Waals surface area contributed by atoms with Gasteiger partial charge in [-0.2, -0.15) is 5.10 Å². The molecule has 1 aliphatic heterocycles. The van der Waals surface area contributed by atoms with Crippen LogP contribution in [0.1, 0.15) is 24.7 Å². The fraction of sp³-hybridized carbons (Fsp3) is 0.529. The monoisotopic (exact) mass is 333 g/mol. The zero-order valence-corrected chi connectivity index (χ0v) is 14.6. The highest BCUT2D eigenvalue weighted by molar-refractivity contribution is 6.31. The smallest absolute Gasteiger partial charge is 0.140 e. The molecule has 1 aliphatic rings. The normalized spacial score (nSPS) is 16.6. The Labute approximate surface area is 142 Å². The van der Waals surface area contributed by atoms with Crippen molar-refractivity contribution in [2.75, 3.05) is 31.1 Å². The molecule has 124 valence electrons. The van der Waals surface area contributed by atoms with Gasteiger partial charge in [-0.1, -0.05) is 17.7 Å². The minimum atomic E-state index is 0.847. The Hall–Kier alpha value is -1.59. The molecule has 23 heavy (non-hydrogen) atoms. The average molecular weight is 334 g/mol. The van der Waals surface area contributed by atoms with Gasteiger partial charge in [-0.15, -0.1) is 0 Å². The van der Waals surface area contributed by atoms with Gasteiger partial charge in [-0.05, 0) is 38.0 Å². The number of halogens is 1. The van der Waals surface area contributed by atoms with Crippen LogP contribution in [0.25, 0.3) is 0 Å². The molecule has 1 fully saturated rings. The van der Waals surface area contributed by atoms with Gasteiger partial charge >= 0.3 is 0 Å². The molecule has 2 heterocycles. The Morgan fingerprint density at radius 1 is 1.17 bits per heavy atom.